The van der Waals surface area contributed by atoms with Crippen LogP contribution in [0.4, 0.5) is 5.69 Å². The van der Waals surface area contributed by atoms with E-state index in [4.69, 9.17) is 10.8 Å². The van der Waals surface area contributed by atoms with Crippen LogP contribution in [0, 0.1) is 6.92 Å². The van der Waals surface area contributed by atoms with Crippen LogP contribution < -0.4 is 22.3 Å². The van der Waals surface area contributed by atoms with Crippen LogP contribution in [0.1, 0.15) is 5.56 Å². The highest BCUT2D eigenvalue weighted by Crippen LogP contribution is 2.27. The molecule has 0 spiro atoms. The van der Waals surface area contributed by atoms with Crippen molar-refractivity contribution in [2.45, 2.75) is 31.8 Å². The van der Waals surface area contributed by atoms with E-state index in [1.807, 2.05) is 6.92 Å². The Morgan fingerprint density at radius 1 is 1.20 bits per heavy atom. The normalized spacial score (nSPS) is 14.7. The number of H-pyrrole nitrogens is 1. The lowest BCUT2D eigenvalue weighted by molar-refractivity contribution is -0.0802. The largest absolute Gasteiger partial charge is 0.394 e. The summed E-state index contributed by atoms with van der Waals surface area (Å²) in [5, 5.41) is 42.3. The van der Waals surface area contributed by atoms with Crippen LogP contribution in [0.2, 0.25) is 0 Å². The number of aromatic amines is 1. The summed E-state index contributed by atoms with van der Waals surface area (Å²) < 4.78 is 1.37. The third-order valence-corrected chi connectivity index (χ3v) is 4.76. The summed E-state index contributed by atoms with van der Waals surface area (Å²) >= 11 is 0. The summed E-state index contributed by atoms with van der Waals surface area (Å²) in [6, 6.07) is 3.43. The molecule has 2 heterocycles. The smallest absolute Gasteiger partial charge is 0.349 e. The van der Waals surface area contributed by atoms with Crippen LogP contribution >= 0.6 is 0 Å². The van der Waals surface area contributed by atoms with Gasteiger partial charge in [-0.1, -0.05) is 0 Å². The highest BCUT2D eigenvalue weighted by molar-refractivity contribution is 5.84. The van der Waals surface area contributed by atoms with E-state index in [1.54, 1.807) is 12.1 Å². The van der Waals surface area contributed by atoms with Crippen molar-refractivity contribution in [1.82, 2.24) is 19.5 Å². The number of nitrogens with one attached hydrogen (secondary N) is 2. The van der Waals surface area contributed by atoms with E-state index >= 15 is 0 Å². The molecule has 0 saturated carbocycles. The van der Waals surface area contributed by atoms with E-state index in [2.05, 4.69) is 20.3 Å². The van der Waals surface area contributed by atoms with Crippen molar-refractivity contribution in [3.63, 3.8) is 0 Å². The lowest BCUT2D eigenvalue weighted by atomic mass is 10.1. The number of aliphatic hydroxyl groups is 4. The zero-order valence-electron chi connectivity index (χ0n) is 16.2. The first kappa shape index (κ1) is 21.8. The average molecular weight is 420 g/mol. The molecule has 0 radical (unpaired) electrons. The third kappa shape index (κ3) is 4.17. The van der Waals surface area contributed by atoms with Gasteiger partial charge in [-0.15, -0.1) is 0 Å². The molecular weight excluding hydrogens is 396 g/mol. The fourth-order valence-electron chi connectivity index (χ4n) is 3.19. The van der Waals surface area contributed by atoms with E-state index < -0.39 is 36.2 Å². The van der Waals surface area contributed by atoms with E-state index in [0.717, 1.165) is 11.3 Å². The molecule has 30 heavy (non-hydrogen) atoms. The molecule has 3 rings (SSSR count). The van der Waals surface area contributed by atoms with Crippen molar-refractivity contribution in [3.05, 3.63) is 38.5 Å². The zero-order valence-corrected chi connectivity index (χ0v) is 16.2. The van der Waals surface area contributed by atoms with Gasteiger partial charge in [0.05, 0.1) is 24.2 Å². The Kier molecular flexibility index (Phi) is 6.43. The Bertz CT molecular complexity index is 1130. The predicted octanol–water partition coefficient (Wildman–Crippen LogP) is -2.66. The van der Waals surface area contributed by atoms with Crippen LogP contribution in [0.15, 0.2) is 21.7 Å². The number of hydrogen-bond acceptors (Lipinski definition) is 10. The first-order chi connectivity index (χ1) is 14.3. The third-order valence-electron chi connectivity index (χ3n) is 4.76. The van der Waals surface area contributed by atoms with Crippen LogP contribution in [0.3, 0.4) is 0 Å². The monoisotopic (exact) mass is 420 g/mol. The van der Waals surface area contributed by atoms with Crippen LogP contribution in [-0.2, 0) is 6.54 Å². The lowest BCUT2D eigenvalue weighted by Gasteiger charge is -2.25. The number of aromatic nitrogens is 4. The summed E-state index contributed by atoms with van der Waals surface area (Å²) in [5.74, 6) is -0.0883. The molecule has 0 saturated heterocycles. The summed E-state index contributed by atoms with van der Waals surface area (Å²) in [7, 11) is 0. The lowest BCUT2D eigenvalue weighted by Crippen LogP contribution is -2.42. The molecule has 12 nitrogen and oxygen atoms in total. The first-order valence-corrected chi connectivity index (χ1v) is 9.31. The van der Waals surface area contributed by atoms with Crippen molar-refractivity contribution in [1.29, 1.82) is 0 Å². The molecule has 1 aromatic carbocycles. The summed E-state index contributed by atoms with van der Waals surface area (Å²) in [4.78, 5) is 34.3. The topological polar surface area (TPSA) is 200 Å². The summed E-state index contributed by atoms with van der Waals surface area (Å²) in [5.41, 5.74) is 6.18. The number of rotatable bonds is 8. The van der Waals surface area contributed by atoms with Gasteiger partial charge < -0.3 is 36.0 Å². The molecule has 162 valence electrons. The molecule has 2 aliphatic rings. The molecule has 0 aliphatic carbocycles. The SMILES string of the molecule is Cc1cc2nc3c(=O)[nH]c(=O)nc-3n(CC(O)C(O)C(O)CO)c2cc1NCCN. The molecule has 0 bridgehead atoms. The van der Waals surface area contributed by atoms with E-state index in [0.29, 0.717) is 24.1 Å². The number of aryl methyl sites for hydroxylation is 1. The van der Waals surface area contributed by atoms with Crippen LogP contribution in [0.5, 0.6) is 0 Å². The molecule has 0 amide bonds. The maximum absolute atomic E-state index is 12.3. The molecule has 12 heteroatoms. The average Bonchev–Trinajstić information content (AvgIpc) is 2.71. The van der Waals surface area contributed by atoms with Crippen molar-refractivity contribution in [2.24, 2.45) is 5.73 Å². The fourth-order valence-corrected chi connectivity index (χ4v) is 3.19. The number of nitrogens with two attached hydrogens (primary N) is 1. The minimum Gasteiger partial charge on any atom is -0.394 e. The standard InChI is InChI=1S/C18H24N6O6/c1-8-4-10-11(5-9(8)20-3-2-19)24(6-12(26)15(28)13(27)7-25)16-14(21-10)17(29)23-18(30)22-16/h4-5,12-13,15,20,25-28H,2-3,6-7,19H2,1H3,(H,23,29,30). The maximum Gasteiger partial charge on any atom is 0.349 e. The van der Waals surface area contributed by atoms with Gasteiger partial charge in [-0.2, -0.15) is 4.98 Å². The molecule has 3 unspecified atom stereocenters. The highest BCUT2D eigenvalue weighted by Gasteiger charge is 2.27. The first-order valence-electron chi connectivity index (χ1n) is 9.31. The molecule has 0 fully saturated rings. The number of benzene rings is 1. The molecule has 8 N–H and O–H groups in total. The molecular formula is C18H24N6O6. The molecule has 1 aromatic rings. The Labute approximate surface area is 170 Å². The van der Waals surface area contributed by atoms with Crippen LogP contribution in [-0.4, -0.2) is 78.0 Å². The predicted molar refractivity (Wildman–Crippen MR) is 108 cm³/mol. The number of anilines is 1. The van der Waals surface area contributed by atoms with Crippen molar-refractivity contribution in [2.75, 3.05) is 25.0 Å². The van der Waals surface area contributed by atoms with Gasteiger partial charge in [0.25, 0.3) is 5.56 Å². The van der Waals surface area contributed by atoms with Gasteiger partial charge in [0.15, 0.2) is 11.5 Å². The Morgan fingerprint density at radius 3 is 2.60 bits per heavy atom. The quantitative estimate of drug-likeness (QED) is 0.189. The zero-order chi connectivity index (χ0) is 22.0. The van der Waals surface area contributed by atoms with Crippen LogP contribution in [0.25, 0.3) is 22.6 Å². The van der Waals surface area contributed by atoms with E-state index in [1.165, 1.54) is 4.57 Å². The van der Waals surface area contributed by atoms with Gasteiger partial charge in [-0.3, -0.25) is 9.78 Å². The molecule has 3 atom stereocenters. The Morgan fingerprint density at radius 2 is 1.93 bits per heavy atom. The number of nitrogens with zero attached hydrogens (tertiary/aromatic N) is 3. The molecule has 0 aromatic heterocycles. The van der Waals surface area contributed by atoms with E-state index in [9.17, 15) is 24.9 Å². The second kappa shape index (κ2) is 8.85. The Balaban J connectivity index is 2.25. The van der Waals surface area contributed by atoms with Gasteiger partial charge in [0.1, 0.15) is 18.3 Å². The second-order valence-corrected chi connectivity index (χ2v) is 6.94. The summed E-state index contributed by atoms with van der Waals surface area (Å²) in [6.45, 7) is 1.65. The second-order valence-electron chi connectivity index (χ2n) is 6.94. The highest BCUT2D eigenvalue weighted by atomic mass is 16.4. The van der Waals surface area contributed by atoms with Crippen molar-refractivity contribution < 1.29 is 20.4 Å². The van der Waals surface area contributed by atoms with Gasteiger partial charge in [0, 0.05) is 18.8 Å². The van der Waals surface area contributed by atoms with Gasteiger partial charge >= 0.3 is 5.69 Å². The van der Waals surface area contributed by atoms with Crippen molar-refractivity contribution >= 4 is 16.7 Å². The van der Waals surface area contributed by atoms with E-state index in [-0.39, 0.29) is 18.1 Å². The molecule has 2 aliphatic heterocycles. The fraction of sp³-hybridized carbons (Fsp3) is 0.444. The Hall–Kier alpha value is -2.90. The minimum atomic E-state index is -1.67. The van der Waals surface area contributed by atoms with Gasteiger partial charge in [0.2, 0.25) is 0 Å². The number of hydrogen-bond donors (Lipinski definition) is 7. The van der Waals surface area contributed by atoms with Gasteiger partial charge in [-0.05, 0) is 24.6 Å². The number of aliphatic hydroxyl groups excluding tert-OH is 4. The van der Waals surface area contributed by atoms with Crippen molar-refractivity contribution in [3.8, 4) is 11.5 Å². The maximum atomic E-state index is 12.3. The minimum absolute atomic E-state index is 0.0883. The van der Waals surface area contributed by atoms with Gasteiger partial charge in [-0.25, -0.2) is 9.78 Å². The number of fused-ring (bicyclic) bond motifs is 2. The summed E-state index contributed by atoms with van der Waals surface area (Å²) in [6.07, 6.45) is -4.78.